The standard InChI is InChI=1S/C13H18N2O3S/c1-9(2)8-14-13(16)10(3)19-12-6-4-11(5-7-12)15(17)18/h4-7,9-10H,8H2,1-3H3,(H,14,16). The normalized spacial score (nSPS) is 12.2. The molecule has 1 aromatic carbocycles. The van der Waals surface area contributed by atoms with Crippen molar-refractivity contribution in [2.75, 3.05) is 6.54 Å². The molecule has 0 aliphatic rings. The van der Waals surface area contributed by atoms with Crippen LogP contribution >= 0.6 is 11.8 Å². The Morgan fingerprint density at radius 2 is 1.89 bits per heavy atom. The summed E-state index contributed by atoms with van der Waals surface area (Å²) in [6, 6.07) is 6.21. The Morgan fingerprint density at radius 1 is 1.32 bits per heavy atom. The van der Waals surface area contributed by atoms with E-state index in [-0.39, 0.29) is 16.8 Å². The van der Waals surface area contributed by atoms with Gasteiger partial charge in [0.25, 0.3) is 5.69 Å². The van der Waals surface area contributed by atoms with Crippen LogP contribution in [-0.2, 0) is 4.79 Å². The highest BCUT2D eigenvalue weighted by molar-refractivity contribution is 8.00. The molecule has 1 amide bonds. The Kier molecular flexibility index (Phi) is 5.82. The summed E-state index contributed by atoms with van der Waals surface area (Å²) in [7, 11) is 0. The van der Waals surface area contributed by atoms with E-state index < -0.39 is 4.92 Å². The van der Waals surface area contributed by atoms with E-state index in [2.05, 4.69) is 5.32 Å². The number of nitro groups is 1. The maximum Gasteiger partial charge on any atom is 0.269 e. The van der Waals surface area contributed by atoms with E-state index in [9.17, 15) is 14.9 Å². The molecule has 1 atom stereocenters. The summed E-state index contributed by atoms with van der Waals surface area (Å²) in [6.07, 6.45) is 0. The van der Waals surface area contributed by atoms with Crippen LogP contribution in [0, 0.1) is 16.0 Å². The molecule has 1 unspecified atom stereocenters. The summed E-state index contributed by atoms with van der Waals surface area (Å²) in [5.74, 6) is 0.401. The lowest BCUT2D eigenvalue weighted by Crippen LogP contribution is -2.33. The van der Waals surface area contributed by atoms with Crippen LogP contribution in [0.3, 0.4) is 0 Å². The second-order valence-corrected chi connectivity index (χ2v) is 6.06. The van der Waals surface area contributed by atoms with Crippen molar-refractivity contribution in [3.63, 3.8) is 0 Å². The Labute approximate surface area is 116 Å². The zero-order valence-corrected chi connectivity index (χ0v) is 12.1. The predicted octanol–water partition coefficient (Wildman–Crippen LogP) is 2.85. The molecule has 1 N–H and O–H groups in total. The molecule has 0 aromatic heterocycles. The van der Waals surface area contributed by atoms with Gasteiger partial charge in [0, 0.05) is 23.6 Å². The number of amides is 1. The maximum atomic E-state index is 11.8. The molecule has 0 aliphatic carbocycles. The topological polar surface area (TPSA) is 72.2 Å². The number of hydrogen-bond donors (Lipinski definition) is 1. The summed E-state index contributed by atoms with van der Waals surface area (Å²) in [4.78, 5) is 22.7. The SMILES string of the molecule is CC(C)CNC(=O)C(C)Sc1ccc([N+](=O)[O-])cc1. The number of hydrogen-bond acceptors (Lipinski definition) is 4. The van der Waals surface area contributed by atoms with Gasteiger partial charge < -0.3 is 5.32 Å². The lowest BCUT2D eigenvalue weighted by molar-refractivity contribution is -0.384. The van der Waals surface area contributed by atoms with Crippen molar-refractivity contribution in [1.29, 1.82) is 0 Å². The smallest absolute Gasteiger partial charge is 0.269 e. The van der Waals surface area contributed by atoms with Crippen LogP contribution in [-0.4, -0.2) is 22.6 Å². The van der Waals surface area contributed by atoms with Crippen LogP contribution < -0.4 is 5.32 Å². The molecule has 104 valence electrons. The monoisotopic (exact) mass is 282 g/mol. The lowest BCUT2D eigenvalue weighted by Gasteiger charge is -2.13. The van der Waals surface area contributed by atoms with Gasteiger partial charge in [0.05, 0.1) is 10.2 Å². The maximum absolute atomic E-state index is 11.8. The second kappa shape index (κ2) is 7.13. The first-order valence-corrected chi connectivity index (χ1v) is 6.97. The summed E-state index contributed by atoms with van der Waals surface area (Å²) < 4.78 is 0. The van der Waals surface area contributed by atoms with Crippen molar-refractivity contribution in [2.45, 2.75) is 30.9 Å². The number of thioether (sulfide) groups is 1. The third kappa shape index (κ3) is 5.30. The number of nitrogens with zero attached hydrogens (tertiary/aromatic N) is 1. The molecule has 19 heavy (non-hydrogen) atoms. The number of nitrogens with one attached hydrogen (secondary N) is 1. The molecule has 0 bridgehead atoms. The molecule has 1 aromatic rings. The van der Waals surface area contributed by atoms with Gasteiger partial charge in [-0.15, -0.1) is 11.8 Å². The zero-order chi connectivity index (χ0) is 14.4. The quantitative estimate of drug-likeness (QED) is 0.494. The average molecular weight is 282 g/mol. The molecule has 0 saturated carbocycles. The molecular weight excluding hydrogens is 264 g/mol. The van der Waals surface area contributed by atoms with Crippen molar-refractivity contribution < 1.29 is 9.72 Å². The highest BCUT2D eigenvalue weighted by Crippen LogP contribution is 2.25. The van der Waals surface area contributed by atoms with E-state index >= 15 is 0 Å². The summed E-state index contributed by atoms with van der Waals surface area (Å²) >= 11 is 1.39. The average Bonchev–Trinajstić information content (AvgIpc) is 2.36. The third-order valence-corrected chi connectivity index (χ3v) is 3.53. The third-order valence-electron chi connectivity index (χ3n) is 2.41. The van der Waals surface area contributed by atoms with E-state index in [1.807, 2.05) is 20.8 Å². The Morgan fingerprint density at radius 3 is 2.37 bits per heavy atom. The highest BCUT2D eigenvalue weighted by Gasteiger charge is 2.15. The molecule has 0 spiro atoms. The summed E-state index contributed by atoms with van der Waals surface area (Å²) in [5, 5.41) is 13.2. The highest BCUT2D eigenvalue weighted by atomic mass is 32.2. The molecule has 1 rings (SSSR count). The van der Waals surface area contributed by atoms with Crippen molar-refractivity contribution >= 4 is 23.4 Å². The van der Waals surface area contributed by atoms with Gasteiger partial charge in [-0.05, 0) is 25.0 Å². The van der Waals surface area contributed by atoms with Crippen molar-refractivity contribution in [2.24, 2.45) is 5.92 Å². The number of benzene rings is 1. The van der Waals surface area contributed by atoms with Gasteiger partial charge in [-0.25, -0.2) is 0 Å². The number of carbonyl (C=O) groups is 1. The van der Waals surface area contributed by atoms with Crippen LogP contribution in [0.15, 0.2) is 29.2 Å². The van der Waals surface area contributed by atoms with E-state index in [1.54, 1.807) is 12.1 Å². The minimum atomic E-state index is -0.437. The number of non-ortho nitro benzene ring substituents is 1. The van der Waals surface area contributed by atoms with E-state index in [4.69, 9.17) is 0 Å². The Bertz CT molecular complexity index is 446. The van der Waals surface area contributed by atoms with Crippen LogP contribution in [0.1, 0.15) is 20.8 Å². The first-order valence-electron chi connectivity index (χ1n) is 6.09. The van der Waals surface area contributed by atoms with Gasteiger partial charge >= 0.3 is 0 Å². The first kappa shape index (κ1) is 15.5. The van der Waals surface area contributed by atoms with Gasteiger partial charge in [0.1, 0.15) is 0 Å². The molecular formula is C13H18N2O3S. The minimum Gasteiger partial charge on any atom is -0.355 e. The molecule has 0 aliphatic heterocycles. The number of rotatable bonds is 6. The molecule has 0 heterocycles. The van der Waals surface area contributed by atoms with Gasteiger partial charge in [-0.3, -0.25) is 14.9 Å². The zero-order valence-electron chi connectivity index (χ0n) is 11.3. The van der Waals surface area contributed by atoms with Crippen LogP contribution in [0.2, 0.25) is 0 Å². The minimum absolute atomic E-state index is 0.0166. The molecule has 6 heteroatoms. The van der Waals surface area contributed by atoms with Gasteiger partial charge in [-0.2, -0.15) is 0 Å². The largest absolute Gasteiger partial charge is 0.355 e. The first-order chi connectivity index (χ1) is 8.90. The van der Waals surface area contributed by atoms with Crippen LogP contribution in [0.25, 0.3) is 0 Å². The second-order valence-electron chi connectivity index (χ2n) is 4.65. The fraction of sp³-hybridized carbons (Fsp3) is 0.462. The van der Waals surface area contributed by atoms with Crippen molar-refractivity contribution in [1.82, 2.24) is 5.32 Å². The van der Waals surface area contributed by atoms with Crippen molar-refractivity contribution in [3.05, 3.63) is 34.4 Å². The Hall–Kier alpha value is -1.56. The van der Waals surface area contributed by atoms with Crippen LogP contribution in [0.4, 0.5) is 5.69 Å². The molecule has 0 radical (unpaired) electrons. The van der Waals surface area contributed by atoms with Crippen LogP contribution in [0.5, 0.6) is 0 Å². The van der Waals surface area contributed by atoms with E-state index in [1.165, 1.54) is 23.9 Å². The van der Waals surface area contributed by atoms with Gasteiger partial charge in [0.2, 0.25) is 5.91 Å². The Balaban J connectivity index is 2.54. The lowest BCUT2D eigenvalue weighted by atomic mass is 10.2. The molecule has 0 saturated heterocycles. The fourth-order valence-electron chi connectivity index (χ4n) is 1.35. The van der Waals surface area contributed by atoms with Crippen molar-refractivity contribution in [3.8, 4) is 0 Å². The number of nitro benzene ring substituents is 1. The predicted molar refractivity (Wildman–Crippen MR) is 76.3 cm³/mol. The van der Waals surface area contributed by atoms with Gasteiger partial charge in [0.15, 0.2) is 0 Å². The van der Waals surface area contributed by atoms with Gasteiger partial charge in [-0.1, -0.05) is 13.8 Å². The van der Waals surface area contributed by atoms with E-state index in [0.29, 0.717) is 12.5 Å². The fourth-order valence-corrected chi connectivity index (χ4v) is 2.24. The molecule has 5 nitrogen and oxygen atoms in total. The summed E-state index contributed by atoms with van der Waals surface area (Å²) in [6.45, 7) is 6.55. The molecule has 0 fully saturated rings. The van der Waals surface area contributed by atoms with E-state index in [0.717, 1.165) is 4.90 Å². The summed E-state index contributed by atoms with van der Waals surface area (Å²) in [5.41, 5.74) is 0.0567. The number of carbonyl (C=O) groups excluding carboxylic acids is 1.